The molecule has 0 radical (unpaired) electrons. The summed E-state index contributed by atoms with van der Waals surface area (Å²) in [5.41, 5.74) is -0.552. The van der Waals surface area contributed by atoms with Crippen LogP contribution in [0.15, 0.2) is 6.20 Å². The Bertz CT molecular complexity index is 479. The van der Waals surface area contributed by atoms with E-state index in [1.165, 1.54) is 0 Å². The molecule has 0 aliphatic heterocycles. The molecule has 0 aliphatic rings. The molecular weight excluding hydrogens is 385 g/mol. The molecule has 0 amide bonds. The van der Waals surface area contributed by atoms with Crippen LogP contribution in [0.5, 0.6) is 5.75 Å². The first kappa shape index (κ1) is 15.9. The molecule has 0 aliphatic carbocycles. The van der Waals surface area contributed by atoms with Gasteiger partial charge in [-0.05, 0) is 22.6 Å². The number of ether oxygens (including phenoxy) is 2. The first-order valence-corrected chi connectivity index (χ1v) is 5.91. The normalized spacial score (nSPS) is 11.3. The number of hydrogen-bond donors (Lipinski definition) is 0. The number of esters is 1. The molecule has 0 unspecified atom stereocenters. The average Bonchev–Trinajstić information content (AvgIpc) is 2.32. The molecule has 0 atom stereocenters. The fraction of sp³-hybridized carbons (Fsp3) is 0.400. The van der Waals surface area contributed by atoms with Gasteiger partial charge in [-0.1, -0.05) is 0 Å². The Morgan fingerprint density at radius 1 is 1.47 bits per heavy atom. The first-order chi connectivity index (χ1) is 8.78. The Balaban J connectivity index is 3.28. The van der Waals surface area contributed by atoms with Gasteiger partial charge in [-0.2, -0.15) is 0 Å². The quantitative estimate of drug-likeness (QED) is 0.449. The minimum Gasteiger partial charge on any atom is -0.469 e. The predicted octanol–water partition coefficient (Wildman–Crippen LogP) is 2.77. The van der Waals surface area contributed by atoms with Crippen molar-refractivity contribution in [1.29, 1.82) is 0 Å². The van der Waals surface area contributed by atoms with Crippen LogP contribution in [0, 0.1) is 3.57 Å². The second kappa shape index (κ2) is 6.35. The molecule has 1 rings (SSSR count). The molecule has 0 N–H and O–H groups in total. The molecule has 4 nitrogen and oxygen atoms in total. The number of nitrogens with zero attached hydrogens (tertiary/aromatic N) is 1. The van der Waals surface area contributed by atoms with Gasteiger partial charge in [-0.15, -0.1) is 13.2 Å². The van der Waals surface area contributed by atoms with Gasteiger partial charge in [0.15, 0.2) is 0 Å². The zero-order chi connectivity index (χ0) is 14.6. The van der Waals surface area contributed by atoms with Gasteiger partial charge in [-0.3, -0.25) is 9.78 Å². The minimum absolute atomic E-state index is 0.0195. The van der Waals surface area contributed by atoms with E-state index in [0.29, 0.717) is 0 Å². The minimum atomic E-state index is -4.94. The lowest BCUT2D eigenvalue weighted by atomic mass is 10.1. The number of carbonyl (C=O) groups excluding carboxylic acids is 1. The van der Waals surface area contributed by atoms with E-state index in [9.17, 15) is 22.4 Å². The molecule has 0 saturated heterocycles. The SMILES string of the molecule is COC(=O)Cc1c(CF)ncc(I)c1OC(F)(F)F. The summed E-state index contributed by atoms with van der Waals surface area (Å²) in [6.45, 7) is -1.11. The van der Waals surface area contributed by atoms with Gasteiger partial charge in [0.05, 0.1) is 22.8 Å². The van der Waals surface area contributed by atoms with Gasteiger partial charge in [0.25, 0.3) is 0 Å². The van der Waals surface area contributed by atoms with Crippen molar-refractivity contribution in [3.05, 3.63) is 21.0 Å². The van der Waals surface area contributed by atoms with Crippen LogP contribution in [0.1, 0.15) is 11.3 Å². The number of alkyl halides is 4. The maximum absolute atomic E-state index is 12.7. The van der Waals surface area contributed by atoms with Crippen molar-refractivity contribution in [2.45, 2.75) is 19.5 Å². The maximum Gasteiger partial charge on any atom is 0.573 e. The lowest BCUT2D eigenvalue weighted by molar-refractivity contribution is -0.275. The molecule has 9 heteroatoms. The van der Waals surface area contributed by atoms with Crippen molar-refractivity contribution in [3.63, 3.8) is 0 Å². The van der Waals surface area contributed by atoms with Crippen molar-refractivity contribution in [2.24, 2.45) is 0 Å². The molecule has 106 valence electrons. The topological polar surface area (TPSA) is 48.4 Å². The van der Waals surface area contributed by atoms with E-state index in [1.54, 1.807) is 22.6 Å². The number of rotatable bonds is 4. The van der Waals surface area contributed by atoms with Crippen molar-refractivity contribution >= 4 is 28.6 Å². The third kappa shape index (κ3) is 4.48. The van der Waals surface area contributed by atoms with Gasteiger partial charge in [0.2, 0.25) is 0 Å². The molecular formula is C10H8F4INO3. The summed E-state index contributed by atoms with van der Waals surface area (Å²) in [6.07, 6.45) is -4.46. The van der Waals surface area contributed by atoms with Crippen molar-refractivity contribution in [1.82, 2.24) is 4.98 Å². The summed E-state index contributed by atoms with van der Waals surface area (Å²) in [7, 11) is 1.07. The van der Waals surface area contributed by atoms with Crippen LogP contribution in [-0.4, -0.2) is 24.4 Å². The number of hydrogen-bond acceptors (Lipinski definition) is 4. The number of aromatic nitrogens is 1. The Labute approximate surface area is 119 Å². The number of carbonyl (C=O) groups is 1. The molecule has 0 aromatic carbocycles. The summed E-state index contributed by atoms with van der Waals surface area (Å²) in [5, 5.41) is 0. The highest BCUT2D eigenvalue weighted by Gasteiger charge is 2.34. The number of halogens is 5. The summed E-state index contributed by atoms with van der Waals surface area (Å²) in [5.74, 6) is -1.44. The standard InChI is InChI=1S/C10H8F4INO3/c1-18-8(17)2-5-7(3-11)16-4-6(15)9(5)19-10(12,13)14/h4H,2-3H2,1H3. The highest BCUT2D eigenvalue weighted by atomic mass is 127. The Kier molecular flexibility index (Phi) is 5.32. The fourth-order valence-corrected chi connectivity index (χ4v) is 1.86. The Morgan fingerprint density at radius 2 is 2.11 bits per heavy atom. The summed E-state index contributed by atoms with van der Waals surface area (Å²) in [6, 6.07) is 0. The monoisotopic (exact) mass is 393 g/mol. The van der Waals surface area contributed by atoms with E-state index in [2.05, 4.69) is 14.5 Å². The van der Waals surface area contributed by atoms with Gasteiger partial charge in [0.1, 0.15) is 12.4 Å². The van der Waals surface area contributed by atoms with Gasteiger partial charge < -0.3 is 9.47 Å². The van der Waals surface area contributed by atoms with Gasteiger partial charge in [0, 0.05) is 11.8 Å². The van der Waals surface area contributed by atoms with Gasteiger partial charge >= 0.3 is 12.3 Å². The van der Waals surface area contributed by atoms with Crippen LogP contribution in [0.4, 0.5) is 17.6 Å². The highest BCUT2D eigenvalue weighted by molar-refractivity contribution is 14.1. The van der Waals surface area contributed by atoms with Crippen LogP contribution >= 0.6 is 22.6 Å². The smallest absolute Gasteiger partial charge is 0.469 e. The number of pyridine rings is 1. The molecule has 0 saturated carbocycles. The molecule has 1 heterocycles. The van der Waals surface area contributed by atoms with Crippen LogP contribution < -0.4 is 4.74 Å². The molecule has 19 heavy (non-hydrogen) atoms. The largest absolute Gasteiger partial charge is 0.573 e. The van der Waals surface area contributed by atoms with E-state index in [4.69, 9.17) is 0 Å². The molecule has 0 fully saturated rings. The average molecular weight is 393 g/mol. The van der Waals surface area contributed by atoms with E-state index >= 15 is 0 Å². The lowest BCUT2D eigenvalue weighted by Crippen LogP contribution is -2.21. The number of methoxy groups -OCH3 is 1. The molecule has 1 aromatic heterocycles. The molecule has 0 bridgehead atoms. The van der Waals surface area contributed by atoms with Crippen molar-refractivity contribution in [3.8, 4) is 5.75 Å². The zero-order valence-electron chi connectivity index (χ0n) is 9.55. The lowest BCUT2D eigenvalue weighted by Gasteiger charge is -2.16. The highest BCUT2D eigenvalue weighted by Crippen LogP contribution is 2.33. The van der Waals surface area contributed by atoms with Crippen LogP contribution in [-0.2, 0) is 22.6 Å². The second-order valence-electron chi connectivity index (χ2n) is 3.29. The molecule has 1 aromatic rings. The van der Waals surface area contributed by atoms with Crippen LogP contribution in [0.3, 0.4) is 0 Å². The Hall–Kier alpha value is -1.13. The van der Waals surface area contributed by atoms with E-state index < -0.39 is 31.2 Å². The van der Waals surface area contributed by atoms with E-state index in [1.807, 2.05) is 0 Å². The Morgan fingerprint density at radius 3 is 2.58 bits per heavy atom. The first-order valence-electron chi connectivity index (χ1n) is 4.83. The predicted molar refractivity (Wildman–Crippen MR) is 64.2 cm³/mol. The maximum atomic E-state index is 12.7. The van der Waals surface area contributed by atoms with Crippen molar-refractivity contribution in [2.75, 3.05) is 7.11 Å². The van der Waals surface area contributed by atoms with Crippen molar-refractivity contribution < 1.29 is 31.8 Å². The van der Waals surface area contributed by atoms with Crippen LogP contribution in [0.25, 0.3) is 0 Å². The van der Waals surface area contributed by atoms with E-state index in [0.717, 1.165) is 13.3 Å². The second-order valence-corrected chi connectivity index (χ2v) is 4.46. The summed E-state index contributed by atoms with van der Waals surface area (Å²) >= 11 is 1.56. The zero-order valence-corrected chi connectivity index (χ0v) is 11.7. The molecule has 0 spiro atoms. The fourth-order valence-electron chi connectivity index (χ4n) is 1.29. The summed E-state index contributed by atoms with van der Waals surface area (Å²) in [4.78, 5) is 14.8. The third-order valence-electron chi connectivity index (χ3n) is 2.07. The van der Waals surface area contributed by atoms with E-state index in [-0.39, 0.29) is 14.8 Å². The van der Waals surface area contributed by atoms with Crippen LogP contribution in [0.2, 0.25) is 0 Å². The summed E-state index contributed by atoms with van der Waals surface area (Å²) < 4.78 is 57.8. The van der Waals surface area contributed by atoms with Gasteiger partial charge in [-0.25, -0.2) is 4.39 Å². The third-order valence-corrected chi connectivity index (χ3v) is 2.83.